The second kappa shape index (κ2) is 8.87. The molecule has 3 aromatic rings. The van der Waals surface area contributed by atoms with Crippen LogP contribution in [0.5, 0.6) is 11.5 Å². The van der Waals surface area contributed by atoms with Gasteiger partial charge in [0.1, 0.15) is 30.1 Å². The van der Waals surface area contributed by atoms with E-state index in [-0.39, 0.29) is 24.4 Å². The Morgan fingerprint density at radius 3 is 2.50 bits per heavy atom. The van der Waals surface area contributed by atoms with Gasteiger partial charge in [-0.05, 0) is 61.4 Å². The van der Waals surface area contributed by atoms with E-state index in [1.54, 1.807) is 19.1 Å². The van der Waals surface area contributed by atoms with Gasteiger partial charge in [-0.1, -0.05) is 25.1 Å². The molecular weight excluding hydrogens is 454 g/mol. The number of para-hydroxylation sites is 1. The van der Waals surface area contributed by atoms with Gasteiger partial charge in [-0.2, -0.15) is 0 Å². The Hall–Kier alpha value is -3.48. The zero-order valence-corrected chi connectivity index (χ0v) is 21.1. The summed E-state index contributed by atoms with van der Waals surface area (Å²) in [5.74, 6) is 2.07. The van der Waals surface area contributed by atoms with Gasteiger partial charge >= 0.3 is 0 Å². The number of aromatic amines is 1. The molecule has 3 aliphatic rings. The van der Waals surface area contributed by atoms with Crippen molar-refractivity contribution in [2.24, 2.45) is 5.92 Å². The average Bonchev–Trinajstić information content (AvgIpc) is 3.28. The molecule has 1 aliphatic carbocycles. The number of hydrogen-bond donors (Lipinski definition) is 1. The smallest absolute Gasteiger partial charge is 0.246 e. The number of aromatic nitrogens is 1. The van der Waals surface area contributed by atoms with Crippen LogP contribution in [0, 0.1) is 5.92 Å². The summed E-state index contributed by atoms with van der Waals surface area (Å²) in [6.45, 7) is 2.40. The highest BCUT2D eigenvalue weighted by atomic mass is 16.5. The molecule has 3 heterocycles. The number of piperazine rings is 1. The van der Waals surface area contributed by atoms with E-state index in [9.17, 15) is 9.59 Å². The van der Waals surface area contributed by atoms with Crippen LogP contribution in [0.25, 0.3) is 10.9 Å². The van der Waals surface area contributed by atoms with E-state index in [2.05, 4.69) is 18.0 Å². The van der Waals surface area contributed by atoms with Crippen LogP contribution in [-0.4, -0.2) is 59.4 Å². The van der Waals surface area contributed by atoms with E-state index in [1.165, 1.54) is 0 Å². The standard InChI is InChI=1S/C29H33N3O4/c1-17-8-10-18(11-9-17)31-16-26(33)32-24(29(31)34)15-21-20-6-4-5-7-23(20)30-27(21)28(32)22-14-19(35-2)12-13-25(22)36-3/h4-7,12-14,17-18,24,28,30H,8-11,15-16H2,1-3H3. The van der Waals surface area contributed by atoms with E-state index in [0.29, 0.717) is 23.8 Å². The molecule has 0 radical (unpaired) electrons. The number of amides is 2. The summed E-state index contributed by atoms with van der Waals surface area (Å²) in [5, 5.41) is 1.10. The molecule has 2 unspecified atom stereocenters. The Morgan fingerprint density at radius 2 is 1.75 bits per heavy atom. The highest BCUT2D eigenvalue weighted by Gasteiger charge is 2.50. The van der Waals surface area contributed by atoms with Gasteiger partial charge in [-0.25, -0.2) is 0 Å². The molecule has 2 amide bonds. The van der Waals surface area contributed by atoms with E-state index in [0.717, 1.165) is 53.4 Å². The highest BCUT2D eigenvalue weighted by Crippen LogP contribution is 2.46. The zero-order chi connectivity index (χ0) is 25.0. The van der Waals surface area contributed by atoms with Crippen molar-refractivity contribution in [2.75, 3.05) is 20.8 Å². The number of nitrogens with zero attached hydrogens (tertiary/aromatic N) is 2. The van der Waals surface area contributed by atoms with Crippen molar-refractivity contribution in [3.63, 3.8) is 0 Å². The van der Waals surface area contributed by atoms with Crippen molar-refractivity contribution >= 4 is 22.7 Å². The number of nitrogens with one attached hydrogen (secondary N) is 1. The van der Waals surface area contributed by atoms with Crippen molar-refractivity contribution in [1.82, 2.24) is 14.8 Å². The topological polar surface area (TPSA) is 74.9 Å². The Labute approximate surface area is 211 Å². The molecule has 0 spiro atoms. The fourth-order valence-electron chi connectivity index (χ4n) is 6.53. The zero-order valence-electron chi connectivity index (χ0n) is 21.1. The van der Waals surface area contributed by atoms with E-state index in [1.807, 2.05) is 41.3 Å². The predicted molar refractivity (Wildman–Crippen MR) is 137 cm³/mol. The molecule has 1 saturated heterocycles. The molecule has 2 atom stereocenters. The van der Waals surface area contributed by atoms with Crippen LogP contribution in [0.1, 0.15) is 55.5 Å². The van der Waals surface area contributed by atoms with Crippen LogP contribution >= 0.6 is 0 Å². The first-order valence-electron chi connectivity index (χ1n) is 12.9. The van der Waals surface area contributed by atoms with Crippen molar-refractivity contribution in [1.29, 1.82) is 0 Å². The fourth-order valence-corrected chi connectivity index (χ4v) is 6.53. The molecule has 2 aromatic carbocycles. The lowest BCUT2D eigenvalue weighted by atomic mass is 9.83. The quantitative estimate of drug-likeness (QED) is 0.590. The summed E-state index contributed by atoms with van der Waals surface area (Å²) < 4.78 is 11.3. The Bertz CT molecular complexity index is 1320. The van der Waals surface area contributed by atoms with Gasteiger partial charge in [0.05, 0.1) is 14.2 Å². The highest BCUT2D eigenvalue weighted by molar-refractivity contribution is 5.98. The molecule has 188 valence electrons. The number of methoxy groups -OCH3 is 2. The van der Waals surface area contributed by atoms with E-state index >= 15 is 0 Å². The number of fused-ring (bicyclic) bond motifs is 4. The van der Waals surface area contributed by atoms with Gasteiger partial charge in [-0.3, -0.25) is 9.59 Å². The minimum Gasteiger partial charge on any atom is -0.497 e. The van der Waals surface area contributed by atoms with Gasteiger partial charge in [-0.15, -0.1) is 0 Å². The van der Waals surface area contributed by atoms with E-state index in [4.69, 9.17) is 9.47 Å². The number of carbonyl (C=O) groups excluding carboxylic acids is 2. The number of H-pyrrole nitrogens is 1. The van der Waals surface area contributed by atoms with E-state index < -0.39 is 12.1 Å². The molecule has 1 saturated carbocycles. The normalized spacial score (nSPS) is 26.1. The number of ether oxygens (including phenoxy) is 2. The summed E-state index contributed by atoms with van der Waals surface area (Å²) >= 11 is 0. The molecule has 0 bridgehead atoms. The molecule has 2 aliphatic heterocycles. The van der Waals surface area contributed by atoms with Crippen LogP contribution < -0.4 is 9.47 Å². The number of rotatable bonds is 4. The maximum Gasteiger partial charge on any atom is 0.246 e. The molecule has 1 aromatic heterocycles. The van der Waals surface area contributed by atoms with Crippen molar-refractivity contribution in [3.8, 4) is 11.5 Å². The first-order valence-corrected chi connectivity index (χ1v) is 12.9. The third kappa shape index (κ3) is 3.55. The summed E-state index contributed by atoms with van der Waals surface area (Å²) in [5.41, 5.74) is 3.87. The molecule has 7 heteroatoms. The predicted octanol–water partition coefficient (Wildman–Crippen LogP) is 4.45. The van der Waals surface area contributed by atoms with Crippen LogP contribution in [-0.2, 0) is 16.0 Å². The molecular formula is C29H33N3O4. The molecule has 36 heavy (non-hydrogen) atoms. The van der Waals surface area contributed by atoms with Gasteiger partial charge in [0.25, 0.3) is 0 Å². The second-order valence-corrected chi connectivity index (χ2v) is 10.5. The summed E-state index contributed by atoms with van der Waals surface area (Å²) in [4.78, 5) is 35.2. The Morgan fingerprint density at radius 1 is 0.972 bits per heavy atom. The van der Waals surface area contributed by atoms with Crippen molar-refractivity contribution in [3.05, 3.63) is 59.3 Å². The summed E-state index contributed by atoms with van der Waals surface area (Å²) in [7, 11) is 3.26. The average molecular weight is 488 g/mol. The SMILES string of the molecule is COc1ccc(OC)c(C2c3[nH]c4ccccc4c3CC3C(=O)N(C4CCC(C)CC4)CC(=O)N32)c1. The maximum atomic E-state index is 14.1. The molecule has 7 nitrogen and oxygen atoms in total. The van der Waals surface area contributed by atoms with Crippen molar-refractivity contribution in [2.45, 2.75) is 57.2 Å². The minimum atomic E-state index is -0.543. The largest absolute Gasteiger partial charge is 0.497 e. The van der Waals surface area contributed by atoms with Crippen LogP contribution in [0.2, 0.25) is 0 Å². The summed E-state index contributed by atoms with van der Waals surface area (Å²) in [6.07, 6.45) is 4.66. The van der Waals surface area contributed by atoms with Crippen LogP contribution in [0.15, 0.2) is 42.5 Å². The lowest BCUT2D eigenvalue weighted by Gasteiger charge is -2.49. The maximum absolute atomic E-state index is 14.1. The van der Waals surface area contributed by atoms with Crippen LogP contribution in [0.3, 0.4) is 0 Å². The first kappa shape index (κ1) is 23.0. The van der Waals surface area contributed by atoms with Gasteiger partial charge < -0.3 is 24.3 Å². The molecule has 6 rings (SSSR count). The monoisotopic (exact) mass is 487 g/mol. The third-order valence-electron chi connectivity index (χ3n) is 8.45. The fraction of sp³-hybridized carbons (Fsp3) is 0.448. The van der Waals surface area contributed by atoms with Crippen LogP contribution in [0.4, 0.5) is 0 Å². The number of carbonyl (C=O) groups is 2. The second-order valence-electron chi connectivity index (χ2n) is 10.5. The van der Waals surface area contributed by atoms with Gasteiger partial charge in [0.2, 0.25) is 11.8 Å². The number of benzene rings is 2. The van der Waals surface area contributed by atoms with Gasteiger partial charge in [0, 0.05) is 34.6 Å². The molecule has 1 N–H and O–H groups in total. The lowest BCUT2D eigenvalue weighted by Crippen LogP contribution is -2.65. The van der Waals surface area contributed by atoms with Crippen molar-refractivity contribution < 1.29 is 19.1 Å². The first-order chi connectivity index (χ1) is 17.5. The Kier molecular flexibility index (Phi) is 5.66. The molecule has 2 fully saturated rings. The van der Waals surface area contributed by atoms with Gasteiger partial charge in [0.15, 0.2) is 0 Å². The Balaban J connectivity index is 1.49. The minimum absolute atomic E-state index is 0.0163. The third-order valence-corrected chi connectivity index (χ3v) is 8.45. The lowest BCUT2D eigenvalue weighted by molar-refractivity contribution is -0.161. The number of hydrogen-bond acceptors (Lipinski definition) is 4. The summed E-state index contributed by atoms with van der Waals surface area (Å²) in [6, 6.07) is 12.9.